The summed E-state index contributed by atoms with van der Waals surface area (Å²) in [6.07, 6.45) is 1.47. The molecule has 0 spiro atoms. The Hall–Kier alpha value is -1.88. The summed E-state index contributed by atoms with van der Waals surface area (Å²) in [7, 11) is 0. The van der Waals surface area contributed by atoms with E-state index in [4.69, 9.17) is 5.11 Å². The molecule has 0 saturated heterocycles. The Morgan fingerprint density at radius 3 is 2.80 bits per heavy atom. The molecule has 0 radical (unpaired) electrons. The predicted octanol–water partition coefficient (Wildman–Crippen LogP) is 1.39. The van der Waals surface area contributed by atoms with Crippen molar-refractivity contribution in [2.45, 2.75) is 19.8 Å². The highest BCUT2D eigenvalue weighted by molar-refractivity contribution is 5.98. The zero-order chi connectivity index (χ0) is 14.5. The van der Waals surface area contributed by atoms with Crippen LogP contribution in [-0.4, -0.2) is 30.1 Å². The lowest BCUT2D eigenvalue weighted by molar-refractivity contribution is -0.117. The van der Waals surface area contributed by atoms with Gasteiger partial charge in [0.15, 0.2) is 0 Å². The minimum Gasteiger partial charge on any atom is -0.396 e. The number of carbonyl (C=O) groups excluding carboxylic acids is 2. The van der Waals surface area contributed by atoms with Crippen LogP contribution in [0.2, 0.25) is 0 Å². The number of anilines is 1. The molecule has 2 atom stereocenters. The molecule has 3 N–H and O–H groups in total. The molecule has 0 bridgehead atoms. The van der Waals surface area contributed by atoms with E-state index in [0.717, 1.165) is 6.42 Å². The monoisotopic (exact) mass is 276 g/mol. The van der Waals surface area contributed by atoms with Gasteiger partial charge in [-0.15, -0.1) is 0 Å². The van der Waals surface area contributed by atoms with Gasteiger partial charge in [-0.05, 0) is 37.0 Å². The van der Waals surface area contributed by atoms with Gasteiger partial charge < -0.3 is 15.7 Å². The minimum absolute atomic E-state index is 0.0235. The maximum Gasteiger partial charge on any atom is 0.251 e. The molecule has 2 rings (SSSR count). The second-order valence-electron chi connectivity index (χ2n) is 5.22. The highest BCUT2D eigenvalue weighted by atomic mass is 16.3. The first-order valence-corrected chi connectivity index (χ1v) is 6.92. The molecule has 5 heteroatoms. The Bertz CT molecular complexity index is 502. The topological polar surface area (TPSA) is 78.4 Å². The van der Waals surface area contributed by atoms with Gasteiger partial charge in [0.2, 0.25) is 5.91 Å². The normalized spacial score (nSPS) is 20.3. The van der Waals surface area contributed by atoms with Crippen LogP contribution in [-0.2, 0) is 4.79 Å². The summed E-state index contributed by atoms with van der Waals surface area (Å²) >= 11 is 0. The Balaban J connectivity index is 1.93. The van der Waals surface area contributed by atoms with E-state index >= 15 is 0 Å². The standard InChI is InChI=1S/C15H20N2O3/c1-10-8-13(10)15(20)17-12-5-2-4-11(9-12)14(19)16-6-3-7-18/h2,4-5,9-10,13,18H,3,6-8H2,1H3,(H,16,19)(H,17,20). The zero-order valence-electron chi connectivity index (χ0n) is 11.6. The van der Waals surface area contributed by atoms with E-state index in [1.54, 1.807) is 24.3 Å². The number of amides is 2. The smallest absolute Gasteiger partial charge is 0.251 e. The largest absolute Gasteiger partial charge is 0.396 e. The van der Waals surface area contributed by atoms with E-state index in [1.165, 1.54) is 0 Å². The molecular weight excluding hydrogens is 256 g/mol. The van der Waals surface area contributed by atoms with Crippen LogP contribution < -0.4 is 10.6 Å². The lowest BCUT2D eigenvalue weighted by Gasteiger charge is -2.08. The molecule has 1 aliphatic rings. The van der Waals surface area contributed by atoms with Crippen molar-refractivity contribution in [1.82, 2.24) is 5.32 Å². The molecule has 2 amide bonds. The molecule has 108 valence electrons. The number of rotatable bonds is 6. The van der Waals surface area contributed by atoms with Crippen molar-refractivity contribution >= 4 is 17.5 Å². The van der Waals surface area contributed by atoms with Gasteiger partial charge in [0.1, 0.15) is 0 Å². The van der Waals surface area contributed by atoms with Gasteiger partial charge in [0.05, 0.1) is 0 Å². The first-order valence-electron chi connectivity index (χ1n) is 6.92. The van der Waals surface area contributed by atoms with Crippen molar-refractivity contribution in [2.24, 2.45) is 11.8 Å². The minimum atomic E-state index is -0.200. The third-order valence-electron chi connectivity index (χ3n) is 3.46. The molecule has 1 aromatic carbocycles. The van der Waals surface area contributed by atoms with E-state index < -0.39 is 0 Å². The number of benzene rings is 1. The van der Waals surface area contributed by atoms with Crippen LogP contribution in [0.3, 0.4) is 0 Å². The number of hydrogen-bond donors (Lipinski definition) is 3. The number of carbonyl (C=O) groups is 2. The second kappa shape index (κ2) is 6.52. The molecule has 0 aliphatic heterocycles. The van der Waals surface area contributed by atoms with Gasteiger partial charge in [0, 0.05) is 30.3 Å². The fourth-order valence-corrected chi connectivity index (χ4v) is 2.04. The molecule has 20 heavy (non-hydrogen) atoms. The molecule has 1 fully saturated rings. The molecule has 0 heterocycles. The van der Waals surface area contributed by atoms with Crippen molar-refractivity contribution in [3.63, 3.8) is 0 Å². The average Bonchev–Trinajstić information content (AvgIpc) is 3.16. The van der Waals surface area contributed by atoms with Crippen molar-refractivity contribution in [1.29, 1.82) is 0 Å². The quantitative estimate of drug-likeness (QED) is 0.687. The number of nitrogens with one attached hydrogen (secondary N) is 2. The Morgan fingerprint density at radius 2 is 2.15 bits per heavy atom. The summed E-state index contributed by atoms with van der Waals surface area (Å²) in [6, 6.07) is 6.88. The van der Waals surface area contributed by atoms with E-state index in [2.05, 4.69) is 17.6 Å². The van der Waals surface area contributed by atoms with Crippen LogP contribution in [0.5, 0.6) is 0 Å². The lowest BCUT2D eigenvalue weighted by atomic mass is 10.2. The molecule has 5 nitrogen and oxygen atoms in total. The molecule has 2 unspecified atom stereocenters. The average molecular weight is 276 g/mol. The SMILES string of the molecule is CC1CC1C(=O)Nc1cccc(C(=O)NCCCO)c1. The summed E-state index contributed by atoms with van der Waals surface area (Å²) < 4.78 is 0. The van der Waals surface area contributed by atoms with Crippen LogP contribution >= 0.6 is 0 Å². The van der Waals surface area contributed by atoms with Crippen molar-refractivity contribution in [2.75, 3.05) is 18.5 Å². The van der Waals surface area contributed by atoms with Crippen LogP contribution in [0.4, 0.5) is 5.69 Å². The molecule has 1 aliphatic carbocycles. The van der Waals surface area contributed by atoms with E-state index in [9.17, 15) is 9.59 Å². The lowest BCUT2D eigenvalue weighted by Crippen LogP contribution is -2.25. The summed E-state index contributed by atoms with van der Waals surface area (Å²) in [6.45, 7) is 2.54. The van der Waals surface area contributed by atoms with Gasteiger partial charge in [-0.3, -0.25) is 9.59 Å². The van der Waals surface area contributed by atoms with E-state index in [1.807, 2.05) is 0 Å². The van der Waals surface area contributed by atoms with Gasteiger partial charge in [-0.25, -0.2) is 0 Å². The molecule has 1 saturated carbocycles. The van der Waals surface area contributed by atoms with E-state index in [-0.39, 0.29) is 24.3 Å². The Morgan fingerprint density at radius 1 is 1.40 bits per heavy atom. The summed E-state index contributed by atoms with van der Waals surface area (Å²) in [5, 5.41) is 14.2. The summed E-state index contributed by atoms with van der Waals surface area (Å²) in [5.41, 5.74) is 1.15. The fourth-order valence-electron chi connectivity index (χ4n) is 2.04. The van der Waals surface area contributed by atoms with Crippen LogP contribution in [0.1, 0.15) is 30.1 Å². The van der Waals surface area contributed by atoms with Gasteiger partial charge in [0.25, 0.3) is 5.91 Å². The third kappa shape index (κ3) is 3.81. The van der Waals surface area contributed by atoms with Crippen LogP contribution in [0.25, 0.3) is 0 Å². The van der Waals surface area contributed by atoms with Gasteiger partial charge in [-0.2, -0.15) is 0 Å². The zero-order valence-corrected chi connectivity index (χ0v) is 11.6. The molecule has 1 aromatic rings. The summed E-state index contributed by atoms with van der Waals surface area (Å²) in [5.74, 6) is 0.390. The molecular formula is C15H20N2O3. The maximum atomic E-state index is 11.9. The van der Waals surface area contributed by atoms with Crippen LogP contribution in [0.15, 0.2) is 24.3 Å². The Kier molecular flexibility index (Phi) is 4.74. The number of hydrogen-bond acceptors (Lipinski definition) is 3. The Labute approximate surface area is 118 Å². The fraction of sp³-hybridized carbons (Fsp3) is 0.467. The van der Waals surface area contributed by atoms with Crippen molar-refractivity contribution < 1.29 is 14.7 Å². The number of aliphatic hydroxyl groups is 1. The summed E-state index contributed by atoms with van der Waals surface area (Å²) in [4.78, 5) is 23.7. The van der Waals surface area contributed by atoms with Gasteiger partial charge >= 0.3 is 0 Å². The van der Waals surface area contributed by atoms with E-state index in [0.29, 0.717) is 30.1 Å². The van der Waals surface area contributed by atoms with Crippen LogP contribution in [0, 0.1) is 11.8 Å². The second-order valence-corrected chi connectivity index (χ2v) is 5.22. The van der Waals surface area contributed by atoms with Crippen molar-refractivity contribution in [3.8, 4) is 0 Å². The van der Waals surface area contributed by atoms with Gasteiger partial charge in [-0.1, -0.05) is 13.0 Å². The predicted molar refractivity (Wildman–Crippen MR) is 76.4 cm³/mol. The highest BCUT2D eigenvalue weighted by Gasteiger charge is 2.39. The van der Waals surface area contributed by atoms with Crippen molar-refractivity contribution in [3.05, 3.63) is 29.8 Å². The number of aliphatic hydroxyl groups excluding tert-OH is 1. The first kappa shape index (κ1) is 14.5. The maximum absolute atomic E-state index is 11.9. The molecule has 0 aromatic heterocycles. The first-order chi connectivity index (χ1) is 9.61. The third-order valence-corrected chi connectivity index (χ3v) is 3.46. The highest BCUT2D eigenvalue weighted by Crippen LogP contribution is 2.38.